The fourth-order valence-corrected chi connectivity index (χ4v) is 4.95. The maximum Gasteiger partial charge on any atom is 0.281 e. The van der Waals surface area contributed by atoms with Crippen molar-refractivity contribution in [2.24, 2.45) is 5.92 Å². The first kappa shape index (κ1) is 22.0. The number of hydrogen-bond donors (Lipinski definition) is 2. The van der Waals surface area contributed by atoms with E-state index in [1.54, 1.807) is 10.7 Å². The molecule has 5 rings (SSSR count). The van der Waals surface area contributed by atoms with Gasteiger partial charge in [-0.3, -0.25) is 9.89 Å². The number of aromatic nitrogens is 2. The van der Waals surface area contributed by atoms with Gasteiger partial charge in [0.15, 0.2) is 0 Å². The van der Waals surface area contributed by atoms with Crippen LogP contribution in [0.5, 0.6) is 0 Å². The number of benzene rings is 2. The number of piperidine rings is 1. The summed E-state index contributed by atoms with van der Waals surface area (Å²) in [6.07, 6.45) is 4.49. The van der Waals surface area contributed by atoms with E-state index in [0.29, 0.717) is 35.1 Å². The first-order valence-electron chi connectivity index (χ1n) is 11.6. The van der Waals surface area contributed by atoms with Gasteiger partial charge in [-0.25, -0.2) is 4.68 Å². The van der Waals surface area contributed by atoms with Crippen LogP contribution in [0.1, 0.15) is 18.4 Å². The number of rotatable bonds is 7. The summed E-state index contributed by atoms with van der Waals surface area (Å²) in [5.74, 6) is 0.558. The molecule has 3 aromatic rings. The Hall–Kier alpha value is -2.80. The third-order valence-electron chi connectivity index (χ3n) is 6.43. The second kappa shape index (κ2) is 10.00. The minimum absolute atomic E-state index is 0.0980. The fraction of sp³-hybridized carbons (Fsp3) is 0.346. The van der Waals surface area contributed by atoms with Gasteiger partial charge in [-0.2, -0.15) is 0 Å². The molecule has 1 fully saturated rings. The molecule has 1 atom stereocenters. The quantitative estimate of drug-likeness (QED) is 0.563. The predicted molar refractivity (Wildman–Crippen MR) is 132 cm³/mol. The summed E-state index contributed by atoms with van der Waals surface area (Å²) in [6, 6.07) is 17.5. The molecule has 172 valence electrons. The van der Waals surface area contributed by atoms with Crippen molar-refractivity contribution < 1.29 is 4.74 Å². The van der Waals surface area contributed by atoms with Gasteiger partial charge >= 0.3 is 0 Å². The largest absolute Gasteiger partial charge is 0.371 e. The maximum absolute atomic E-state index is 13.6. The van der Waals surface area contributed by atoms with Crippen LogP contribution < -0.4 is 21.4 Å². The van der Waals surface area contributed by atoms with E-state index in [2.05, 4.69) is 33.5 Å². The molecular weight excluding hydrogens is 436 g/mol. The molecule has 6 nitrogen and oxygen atoms in total. The fourth-order valence-electron chi connectivity index (χ4n) is 4.73. The van der Waals surface area contributed by atoms with Crippen LogP contribution in [-0.2, 0) is 11.3 Å². The van der Waals surface area contributed by atoms with Crippen LogP contribution in [0, 0.1) is 5.92 Å². The molecule has 0 spiro atoms. The Labute approximate surface area is 198 Å². The summed E-state index contributed by atoms with van der Waals surface area (Å²) in [6.45, 7) is 4.64. The van der Waals surface area contributed by atoms with Crippen LogP contribution in [0.15, 0.2) is 59.4 Å². The molecule has 0 radical (unpaired) electrons. The van der Waals surface area contributed by atoms with E-state index in [1.807, 2.05) is 36.4 Å². The van der Waals surface area contributed by atoms with E-state index >= 15 is 0 Å². The molecule has 2 aromatic carbocycles. The van der Waals surface area contributed by atoms with Gasteiger partial charge in [-0.05, 0) is 55.6 Å². The summed E-state index contributed by atoms with van der Waals surface area (Å²) in [7, 11) is 0. The normalized spacial score (nSPS) is 18.2. The Morgan fingerprint density at radius 2 is 1.88 bits per heavy atom. The predicted octanol–water partition coefficient (Wildman–Crippen LogP) is 2.24. The van der Waals surface area contributed by atoms with Crippen LogP contribution in [0.4, 0.5) is 0 Å². The number of halogens is 1. The van der Waals surface area contributed by atoms with Crippen LogP contribution in [0.25, 0.3) is 17.5 Å². The average molecular weight is 465 g/mol. The number of aromatic amines is 1. The van der Waals surface area contributed by atoms with Crippen LogP contribution >= 0.6 is 11.6 Å². The number of nitrogens with zero attached hydrogens (tertiary/aromatic N) is 2. The lowest BCUT2D eigenvalue weighted by atomic mass is 9.98. The minimum atomic E-state index is -0.0980. The highest BCUT2D eigenvalue weighted by Gasteiger charge is 2.23. The van der Waals surface area contributed by atoms with Crippen molar-refractivity contribution in [1.29, 1.82) is 0 Å². The number of hydrogen-bond acceptors (Lipinski definition) is 4. The summed E-state index contributed by atoms with van der Waals surface area (Å²) >= 11 is 6.40. The summed E-state index contributed by atoms with van der Waals surface area (Å²) in [5, 5.41) is 8.81. The molecule has 0 bridgehead atoms. The third-order valence-corrected chi connectivity index (χ3v) is 6.75. The standard InChI is InChI=1S/C26H29ClN4O2/c27-21-10-4-5-11-23(21)31-26(32)25-22(29-31)12-14-30(16-20-9-6-13-28-15-20)24(25)18-33-17-19-7-2-1-3-8-19/h1-5,7-8,10-12,20,28-29H,6,9,13-18H2. The van der Waals surface area contributed by atoms with Crippen molar-refractivity contribution in [3.63, 3.8) is 0 Å². The van der Waals surface area contributed by atoms with Gasteiger partial charge in [0, 0.05) is 13.1 Å². The number of fused-ring (bicyclic) bond motifs is 1. The van der Waals surface area contributed by atoms with Crippen molar-refractivity contribution in [2.45, 2.75) is 19.4 Å². The summed E-state index contributed by atoms with van der Waals surface area (Å²) < 4.78 is 7.68. The van der Waals surface area contributed by atoms with Crippen molar-refractivity contribution in [3.8, 4) is 5.69 Å². The van der Waals surface area contributed by atoms with Gasteiger partial charge < -0.3 is 15.0 Å². The molecule has 1 saturated heterocycles. The number of ether oxygens (including phenoxy) is 1. The topological polar surface area (TPSA) is 62.3 Å². The molecule has 0 saturated carbocycles. The smallest absolute Gasteiger partial charge is 0.281 e. The minimum Gasteiger partial charge on any atom is -0.371 e. The highest BCUT2D eigenvalue weighted by molar-refractivity contribution is 6.32. The summed E-state index contributed by atoms with van der Waals surface area (Å²) in [4.78, 5) is 15.9. The number of nitrogens with one attached hydrogen (secondary N) is 2. The van der Waals surface area contributed by atoms with Gasteiger partial charge in [0.1, 0.15) is 0 Å². The number of H-pyrrole nitrogens is 1. The lowest BCUT2D eigenvalue weighted by Crippen LogP contribution is -2.48. The van der Waals surface area contributed by atoms with Crippen LogP contribution in [0.3, 0.4) is 0 Å². The zero-order chi connectivity index (χ0) is 22.6. The number of para-hydroxylation sites is 1. The van der Waals surface area contributed by atoms with E-state index in [9.17, 15) is 4.79 Å². The van der Waals surface area contributed by atoms with Gasteiger partial charge in [0.2, 0.25) is 0 Å². The molecular formula is C26H29ClN4O2. The van der Waals surface area contributed by atoms with Gasteiger partial charge in [0.05, 0.1) is 40.2 Å². The van der Waals surface area contributed by atoms with Crippen molar-refractivity contribution in [1.82, 2.24) is 20.0 Å². The highest BCUT2D eigenvalue weighted by atomic mass is 35.5. The molecule has 3 heterocycles. The van der Waals surface area contributed by atoms with Gasteiger partial charge in [-0.15, -0.1) is 0 Å². The molecule has 1 unspecified atom stereocenters. The van der Waals surface area contributed by atoms with E-state index in [1.165, 1.54) is 12.8 Å². The molecule has 7 heteroatoms. The first-order valence-corrected chi connectivity index (χ1v) is 11.9. The van der Waals surface area contributed by atoms with Crippen molar-refractivity contribution in [2.75, 3.05) is 32.8 Å². The van der Waals surface area contributed by atoms with Crippen molar-refractivity contribution >= 4 is 23.4 Å². The van der Waals surface area contributed by atoms with Crippen LogP contribution in [-0.4, -0.2) is 47.5 Å². The molecule has 2 aliphatic rings. The zero-order valence-electron chi connectivity index (χ0n) is 18.6. The Morgan fingerprint density at radius 1 is 1.06 bits per heavy atom. The first-order chi connectivity index (χ1) is 16.2. The van der Waals surface area contributed by atoms with Crippen LogP contribution in [0.2, 0.25) is 5.02 Å². The third kappa shape index (κ3) is 4.78. The van der Waals surface area contributed by atoms with Crippen molar-refractivity contribution in [3.05, 3.63) is 86.1 Å². The maximum atomic E-state index is 13.6. The Kier molecular flexibility index (Phi) is 6.67. The van der Waals surface area contributed by atoms with E-state index in [-0.39, 0.29) is 5.56 Å². The molecule has 0 aliphatic carbocycles. The zero-order valence-corrected chi connectivity index (χ0v) is 19.4. The highest BCUT2D eigenvalue weighted by Crippen LogP contribution is 2.18. The van der Waals surface area contributed by atoms with E-state index in [4.69, 9.17) is 16.3 Å². The SMILES string of the molecule is O=c1c2c([nH]n1-c1ccccc1Cl)=CCN(CC1CCCNC1)C=2COCc1ccccc1. The molecule has 1 aromatic heterocycles. The lowest BCUT2D eigenvalue weighted by Gasteiger charge is -2.33. The second-order valence-electron chi connectivity index (χ2n) is 8.74. The molecule has 2 N–H and O–H groups in total. The summed E-state index contributed by atoms with van der Waals surface area (Å²) in [5.41, 5.74) is 2.62. The molecule has 2 aliphatic heterocycles. The Bertz CT molecular complexity index is 1280. The van der Waals surface area contributed by atoms with Gasteiger partial charge in [0.25, 0.3) is 5.56 Å². The van der Waals surface area contributed by atoms with Gasteiger partial charge in [-0.1, -0.05) is 54.1 Å². The van der Waals surface area contributed by atoms with E-state index < -0.39 is 0 Å². The lowest BCUT2D eigenvalue weighted by molar-refractivity contribution is 0.138. The second-order valence-corrected chi connectivity index (χ2v) is 9.15. The molecule has 33 heavy (non-hydrogen) atoms. The monoisotopic (exact) mass is 464 g/mol. The molecule has 0 amide bonds. The average Bonchev–Trinajstić information content (AvgIpc) is 3.18. The Morgan fingerprint density at radius 3 is 2.67 bits per heavy atom. The van der Waals surface area contributed by atoms with E-state index in [0.717, 1.165) is 42.8 Å². The Balaban J connectivity index is 1.51.